The highest BCUT2D eigenvalue weighted by atomic mass is 16.2. The van der Waals surface area contributed by atoms with Crippen molar-refractivity contribution in [2.45, 2.75) is 57.8 Å². The maximum Gasteiger partial charge on any atom is 0.238 e. The minimum Gasteiger partial charge on any atom is -0.372 e. The molecule has 0 spiro atoms. The van der Waals surface area contributed by atoms with Crippen LogP contribution in [-0.4, -0.2) is 67.4 Å². The van der Waals surface area contributed by atoms with Crippen molar-refractivity contribution in [3.05, 3.63) is 24.3 Å². The number of hydrogen-bond acceptors (Lipinski definition) is 4. The van der Waals surface area contributed by atoms with Gasteiger partial charge in [0.25, 0.3) is 0 Å². The highest BCUT2D eigenvalue weighted by molar-refractivity contribution is 5.92. The molecular weight excluding hydrogens is 388 g/mol. The average Bonchev–Trinajstić information content (AvgIpc) is 3.10. The molecule has 2 amide bonds. The Morgan fingerprint density at radius 3 is 2.00 bits per heavy atom. The predicted octanol–water partition coefficient (Wildman–Crippen LogP) is 3.73. The molecule has 1 N–H and O–H groups in total. The van der Waals surface area contributed by atoms with Gasteiger partial charge in [-0.25, -0.2) is 0 Å². The smallest absolute Gasteiger partial charge is 0.238 e. The van der Waals surface area contributed by atoms with Gasteiger partial charge in [-0.3, -0.25) is 14.5 Å². The van der Waals surface area contributed by atoms with Crippen molar-refractivity contribution in [1.82, 2.24) is 9.80 Å². The third kappa shape index (κ3) is 6.22. The molecule has 0 bridgehead atoms. The molecule has 3 saturated heterocycles. The number of hydrogen-bond donors (Lipinski definition) is 1. The van der Waals surface area contributed by atoms with Crippen LogP contribution < -0.4 is 10.2 Å². The Kier molecular flexibility index (Phi) is 7.84. The summed E-state index contributed by atoms with van der Waals surface area (Å²) < 4.78 is 0. The van der Waals surface area contributed by atoms with Gasteiger partial charge in [-0.15, -0.1) is 0 Å². The van der Waals surface area contributed by atoms with Gasteiger partial charge in [0, 0.05) is 43.5 Å². The Labute approximate surface area is 187 Å². The number of carbonyl (C=O) groups is 2. The van der Waals surface area contributed by atoms with Gasteiger partial charge in [0.1, 0.15) is 0 Å². The van der Waals surface area contributed by atoms with Gasteiger partial charge < -0.3 is 15.1 Å². The molecule has 4 rings (SSSR count). The summed E-state index contributed by atoms with van der Waals surface area (Å²) in [5.41, 5.74) is 2.10. The molecule has 6 heteroatoms. The van der Waals surface area contributed by atoms with Crippen LogP contribution >= 0.6 is 0 Å². The molecule has 31 heavy (non-hydrogen) atoms. The highest BCUT2D eigenvalue weighted by Crippen LogP contribution is 2.23. The van der Waals surface area contributed by atoms with E-state index in [2.05, 4.69) is 32.1 Å². The quantitative estimate of drug-likeness (QED) is 0.780. The highest BCUT2D eigenvalue weighted by Gasteiger charge is 2.29. The van der Waals surface area contributed by atoms with Crippen molar-refractivity contribution in [1.29, 1.82) is 0 Å². The number of nitrogens with one attached hydrogen (secondary N) is 1. The van der Waals surface area contributed by atoms with Crippen molar-refractivity contribution in [2.24, 2.45) is 5.92 Å². The number of nitrogens with zero attached hydrogens (tertiary/aromatic N) is 3. The molecule has 3 aliphatic heterocycles. The summed E-state index contributed by atoms with van der Waals surface area (Å²) in [6.45, 7) is 6.16. The first kappa shape index (κ1) is 22.1. The summed E-state index contributed by atoms with van der Waals surface area (Å²) in [5, 5.41) is 3.04. The molecule has 0 aromatic heterocycles. The number of anilines is 2. The third-order valence-corrected chi connectivity index (χ3v) is 7.09. The lowest BCUT2D eigenvalue weighted by molar-refractivity contribution is -0.137. The van der Waals surface area contributed by atoms with E-state index in [9.17, 15) is 9.59 Å². The van der Waals surface area contributed by atoms with Gasteiger partial charge in [0.2, 0.25) is 11.8 Å². The summed E-state index contributed by atoms with van der Waals surface area (Å²) in [7, 11) is 0. The van der Waals surface area contributed by atoms with Crippen molar-refractivity contribution < 1.29 is 9.59 Å². The second kappa shape index (κ2) is 11.0. The number of carbonyl (C=O) groups excluding carboxylic acids is 2. The Balaban J connectivity index is 1.19. The topological polar surface area (TPSA) is 55.9 Å². The van der Waals surface area contributed by atoms with Crippen LogP contribution in [0.15, 0.2) is 24.3 Å². The van der Waals surface area contributed by atoms with Gasteiger partial charge in [0.05, 0.1) is 6.54 Å². The number of amides is 2. The standard InChI is InChI=1S/C25H38N4O2/c30-24(26-22-8-10-23(11-9-22)28-14-6-3-7-15-28)20-27-18-12-21(13-19-27)25(31)29-16-4-1-2-5-17-29/h8-11,21H,1-7,12-20H2,(H,26,30). The van der Waals surface area contributed by atoms with Crippen LogP contribution in [0, 0.1) is 5.92 Å². The first-order valence-corrected chi connectivity index (χ1v) is 12.3. The van der Waals surface area contributed by atoms with Crippen LogP contribution in [-0.2, 0) is 9.59 Å². The van der Waals surface area contributed by atoms with E-state index in [1.165, 1.54) is 37.8 Å². The Bertz CT molecular complexity index is 714. The fourth-order valence-electron chi connectivity index (χ4n) is 5.20. The molecule has 0 unspecified atom stereocenters. The van der Waals surface area contributed by atoms with Crippen LogP contribution in [0.3, 0.4) is 0 Å². The minimum atomic E-state index is 0.0306. The van der Waals surface area contributed by atoms with Crippen LogP contribution in [0.1, 0.15) is 57.8 Å². The van der Waals surface area contributed by atoms with Crippen LogP contribution in [0.2, 0.25) is 0 Å². The molecular formula is C25H38N4O2. The van der Waals surface area contributed by atoms with Crippen LogP contribution in [0.25, 0.3) is 0 Å². The molecule has 0 aliphatic carbocycles. The first-order valence-electron chi connectivity index (χ1n) is 12.3. The second-order valence-corrected chi connectivity index (χ2v) is 9.43. The lowest BCUT2D eigenvalue weighted by atomic mass is 9.95. The van der Waals surface area contributed by atoms with Crippen LogP contribution in [0.5, 0.6) is 0 Å². The van der Waals surface area contributed by atoms with Crippen molar-refractivity contribution in [3.8, 4) is 0 Å². The van der Waals surface area contributed by atoms with E-state index in [1.807, 2.05) is 12.1 Å². The largest absolute Gasteiger partial charge is 0.372 e. The summed E-state index contributed by atoms with van der Waals surface area (Å²) in [6.07, 6.45) is 10.4. The van der Waals surface area contributed by atoms with E-state index in [0.29, 0.717) is 12.5 Å². The van der Waals surface area contributed by atoms with E-state index in [0.717, 1.165) is 70.6 Å². The molecule has 0 saturated carbocycles. The summed E-state index contributed by atoms with van der Waals surface area (Å²) in [5.74, 6) is 0.516. The molecule has 3 heterocycles. The van der Waals surface area contributed by atoms with E-state index >= 15 is 0 Å². The van der Waals surface area contributed by atoms with Gasteiger partial charge >= 0.3 is 0 Å². The molecule has 0 atom stereocenters. The fourth-order valence-corrected chi connectivity index (χ4v) is 5.20. The predicted molar refractivity (Wildman–Crippen MR) is 125 cm³/mol. The van der Waals surface area contributed by atoms with Gasteiger partial charge in [-0.2, -0.15) is 0 Å². The lowest BCUT2D eigenvalue weighted by Gasteiger charge is -2.33. The fraction of sp³-hybridized carbons (Fsp3) is 0.680. The Morgan fingerprint density at radius 2 is 1.35 bits per heavy atom. The number of benzene rings is 1. The molecule has 6 nitrogen and oxygen atoms in total. The number of likely N-dealkylation sites (tertiary alicyclic amines) is 2. The molecule has 170 valence electrons. The summed E-state index contributed by atoms with van der Waals surface area (Å²) in [6, 6.07) is 8.24. The molecule has 0 radical (unpaired) electrons. The maximum atomic E-state index is 12.8. The van der Waals surface area contributed by atoms with Crippen molar-refractivity contribution >= 4 is 23.2 Å². The Morgan fingerprint density at radius 1 is 0.774 bits per heavy atom. The zero-order valence-electron chi connectivity index (χ0n) is 18.9. The second-order valence-electron chi connectivity index (χ2n) is 9.43. The van der Waals surface area contributed by atoms with Crippen molar-refractivity contribution in [3.63, 3.8) is 0 Å². The van der Waals surface area contributed by atoms with Gasteiger partial charge in [-0.1, -0.05) is 12.8 Å². The van der Waals surface area contributed by atoms with E-state index in [1.54, 1.807) is 0 Å². The van der Waals surface area contributed by atoms with Crippen LogP contribution in [0.4, 0.5) is 11.4 Å². The zero-order valence-corrected chi connectivity index (χ0v) is 18.9. The monoisotopic (exact) mass is 426 g/mol. The zero-order chi connectivity index (χ0) is 21.5. The summed E-state index contributed by atoms with van der Waals surface area (Å²) >= 11 is 0. The maximum absolute atomic E-state index is 12.8. The first-order chi connectivity index (χ1) is 15.2. The minimum absolute atomic E-state index is 0.0306. The normalized spacial score (nSPS) is 21.5. The lowest BCUT2D eigenvalue weighted by Crippen LogP contribution is -2.44. The Hall–Kier alpha value is -2.08. The molecule has 1 aromatic rings. The van der Waals surface area contributed by atoms with E-state index in [-0.39, 0.29) is 11.8 Å². The SMILES string of the molecule is O=C(CN1CCC(C(=O)N2CCCCCC2)CC1)Nc1ccc(N2CCCCC2)cc1. The molecule has 3 fully saturated rings. The third-order valence-electron chi connectivity index (χ3n) is 7.09. The van der Waals surface area contributed by atoms with Gasteiger partial charge in [0.15, 0.2) is 0 Å². The number of piperidine rings is 2. The van der Waals surface area contributed by atoms with E-state index in [4.69, 9.17) is 0 Å². The molecule has 1 aromatic carbocycles. The number of rotatable bonds is 5. The average molecular weight is 427 g/mol. The summed E-state index contributed by atoms with van der Waals surface area (Å²) in [4.78, 5) is 32.1. The molecule has 3 aliphatic rings. The van der Waals surface area contributed by atoms with E-state index < -0.39 is 0 Å². The van der Waals surface area contributed by atoms with Crippen molar-refractivity contribution in [2.75, 3.05) is 56.0 Å². The van der Waals surface area contributed by atoms with Gasteiger partial charge in [-0.05, 0) is 82.3 Å².